The summed E-state index contributed by atoms with van der Waals surface area (Å²) in [6.45, 7) is 7.31. The van der Waals surface area contributed by atoms with Gasteiger partial charge in [-0.25, -0.2) is 4.98 Å². The van der Waals surface area contributed by atoms with Gasteiger partial charge in [0.25, 0.3) is 0 Å². The van der Waals surface area contributed by atoms with Gasteiger partial charge in [-0.3, -0.25) is 9.59 Å². The number of nitrogens with one attached hydrogen (secondary N) is 2. The van der Waals surface area contributed by atoms with E-state index in [0.29, 0.717) is 32.0 Å². The average Bonchev–Trinajstić information content (AvgIpc) is 2.63. The molecule has 1 aliphatic heterocycles. The highest BCUT2D eigenvalue weighted by Gasteiger charge is 2.33. The van der Waals surface area contributed by atoms with Gasteiger partial charge >= 0.3 is 6.18 Å². The Kier molecular flexibility index (Phi) is 6.90. The Hall–Kier alpha value is -2.32. The van der Waals surface area contributed by atoms with Crippen molar-refractivity contribution in [3.8, 4) is 0 Å². The van der Waals surface area contributed by atoms with Crippen molar-refractivity contribution in [1.29, 1.82) is 0 Å². The number of hydrogen-bond donors (Lipinski definition) is 2. The number of likely N-dealkylation sites (tertiary alicyclic amines) is 1. The first-order valence-electron chi connectivity index (χ1n) is 9.32. The number of anilines is 1. The summed E-state index contributed by atoms with van der Waals surface area (Å²) in [5.41, 5.74) is -1.28. The van der Waals surface area contributed by atoms with E-state index in [1.165, 1.54) is 6.07 Å². The number of hydrogen-bond acceptors (Lipinski definition) is 4. The zero-order valence-corrected chi connectivity index (χ0v) is 16.4. The molecule has 0 radical (unpaired) electrons. The predicted molar refractivity (Wildman–Crippen MR) is 99.5 cm³/mol. The molecule has 1 fully saturated rings. The van der Waals surface area contributed by atoms with Crippen molar-refractivity contribution < 1.29 is 22.8 Å². The number of carbonyl (C=O) groups excluding carboxylic acids is 2. The summed E-state index contributed by atoms with van der Waals surface area (Å²) in [5, 5.41) is 5.68. The molecule has 0 saturated carbocycles. The topological polar surface area (TPSA) is 74.3 Å². The molecule has 1 aliphatic rings. The first-order valence-corrected chi connectivity index (χ1v) is 9.32. The van der Waals surface area contributed by atoms with Crippen molar-refractivity contribution in [2.75, 3.05) is 31.5 Å². The number of alkyl halides is 3. The molecule has 0 aromatic carbocycles. The largest absolute Gasteiger partial charge is 0.417 e. The molecule has 2 amide bonds. The fourth-order valence-corrected chi connectivity index (χ4v) is 3.04. The third-order valence-corrected chi connectivity index (χ3v) is 4.54. The van der Waals surface area contributed by atoms with Crippen LogP contribution >= 0.6 is 0 Å². The van der Waals surface area contributed by atoms with Crippen LogP contribution in [0.4, 0.5) is 19.0 Å². The van der Waals surface area contributed by atoms with Crippen LogP contribution in [0.1, 0.15) is 39.2 Å². The number of aromatic nitrogens is 1. The van der Waals surface area contributed by atoms with Crippen LogP contribution < -0.4 is 10.6 Å². The highest BCUT2D eigenvalue weighted by molar-refractivity contribution is 5.83. The lowest BCUT2D eigenvalue weighted by atomic mass is 9.91. The van der Waals surface area contributed by atoms with E-state index >= 15 is 0 Å². The lowest BCUT2D eigenvalue weighted by Crippen LogP contribution is -2.49. The SMILES string of the molecule is CC(C)(C)C(=O)N1CCCC(C(=O)NCCNc2ccc(C(F)(F)F)cn2)C1. The fraction of sp³-hybridized carbons (Fsp3) is 0.632. The standard InChI is InChI=1S/C19H27F3N4O2/c1-18(2,3)17(28)26-10-4-5-13(12-26)16(27)24-9-8-23-15-7-6-14(11-25-15)19(20,21)22/h6-7,11,13H,4-5,8-10,12H2,1-3H3,(H,23,25)(H,24,27). The van der Waals surface area contributed by atoms with E-state index in [1.807, 2.05) is 20.8 Å². The summed E-state index contributed by atoms with van der Waals surface area (Å²) in [7, 11) is 0. The molecule has 0 bridgehead atoms. The summed E-state index contributed by atoms with van der Waals surface area (Å²) < 4.78 is 37.5. The fourth-order valence-electron chi connectivity index (χ4n) is 3.04. The van der Waals surface area contributed by atoms with Crippen LogP contribution in [0.25, 0.3) is 0 Å². The Morgan fingerprint density at radius 3 is 2.50 bits per heavy atom. The third kappa shape index (κ3) is 6.10. The van der Waals surface area contributed by atoms with Crippen LogP contribution in [0, 0.1) is 11.3 Å². The molecular formula is C19H27F3N4O2. The molecule has 156 valence electrons. The van der Waals surface area contributed by atoms with E-state index in [2.05, 4.69) is 15.6 Å². The summed E-state index contributed by atoms with van der Waals surface area (Å²) in [6, 6.07) is 2.21. The van der Waals surface area contributed by atoms with Crippen molar-refractivity contribution in [3.63, 3.8) is 0 Å². The van der Waals surface area contributed by atoms with Gasteiger partial charge in [-0.1, -0.05) is 20.8 Å². The third-order valence-electron chi connectivity index (χ3n) is 4.54. The molecule has 1 aromatic heterocycles. The van der Waals surface area contributed by atoms with Gasteiger partial charge in [0.2, 0.25) is 11.8 Å². The molecule has 2 N–H and O–H groups in total. The highest BCUT2D eigenvalue weighted by atomic mass is 19.4. The van der Waals surface area contributed by atoms with Crippen LogP contribution in [0.15, 0.2) is 18.3 Å². The number of halogens is 3. The number of amides is 2. The Bertz CT molecular complexity index is 684. The maximum atomic E-state index is 12.5. The van der Waals surface area contributed by atoms with Crippen LogP contribution in [0.2, 0.25) is 0 Å². The lowest BCUT2D eigenvalue weighted by Gasteiger charge is -2.35. The van der Waals surface area contributed by atoms with Gasteiger partial charge < -0.3 is 15.5 Å². The number of rotatable bonds is 5. The van der Waals surface area contributed by atoms with Crippen LogP contribution in [-0.2, 0) is 15.8 Å². The molecule has 0 spiro atoms. The molecule has 1 aromatic rings. The van der Waals surface area contributed by atoms with E-state index in [9.17, 15) is 22.8 Å². The molecule has 0 aliphatic carbocycles. The van der Waals surface area contributed by atoms with E-state index in [0.717, 1.165) is 25.1 Å². The van der Waals surface area contributed by atoms with Gasteiger partial charge in [0.15, 0.2) is 0 Å². The molecule has 1 unspecified atom stereocenters. The minimum Gasteiger partial charge on any atom is -0.368 e. The number of piperidine rings is 1. The second-order valence-electron chi connectivity index (χ2n) is 7.99. The Labute approximate surface area is 162 Å². The monoisotopic (exact) mass is 400 g/mol. The van der Waals surface area contributed by atoms with Crippen molar-refractivity contribution in [3.05, 3.63) is 23.9 Å². The van der Waals surface area contributed by atoms with Crippen LogP contribution in [-0.4, -0.2) is 47.9 Å². The number of nitrogens with zero attached hydrogens (tertiary/aromatic N) is 2. The summed E-state index contributed by atoms with van der Waals surface area (Å²) in [4.78, 5) is 30.2. The quantitative estimate of drug-likeness (QED) is 0.746. The molecule has 1 saturated heterocycles. The zero-order valence-electron chi connectivity index (χ0n) is 16.4. The van der Waals surface area contributed by atoms with Crippen molar-refractivity contribution >= 4 is 17.6 Å². The molecule has 28 heavy (non-hydrogen) atoms. The smallest absolute Gasteiger partial charge is 0.368 e. The minimum atomic E-state index is -4.41. The Morgan fingerprint density at radius 2 is 1.93 bits per heavy atom. The van der Waals surface area contributed by atoms with E-state index < -0.39 is 17.2 Å². The molecule has 6 nitrogen and oxygen atoms in total. The second-order valence-corrected chi connectivity index (χ2v) is 7.99. The molecule has 1 atom stereocenters. The maximum Gasteiger partial charge on any atom is 0.417 e. The van der Waals surface area contributed by atoms with Gasteiger partial charge in [-0.2, -0.15) is 13.2 Å². The molecule has 2 heterocycles. The van der Waals surface area contributed by atoms with Gasteiger partial charge in [0.05, 0.1) is 11.5 Å². The van der Waals surface area contributed by atoms with Crippen molar-refractivity contribution in [2.45, 2.75) is 39.8 Å². The van der Waals surface area contributed by atoms with Gasteiger partial charge in [0.1, 0.15) is 5.82 Å². The van der Waals surface area contributed by atoms with Crippen molar-refractivity contribution in [1.82, 2.24) is 15.2 Å². The summed E-state index contributed by atoms with van der Waals surface area (Å²) >= 11 is 0. The van der Waals surface area contributed by atoms with Crippen molar-refractivity contribution in [2.24, 2.45) is 11.3 Å². The van der Waals surface area contributed by atoms with Gasteiger partial charge in [-0.15, -0.1) is 0 Å². The summed E-state index contributed by atoms with van der Waals surface area (Å²) in [5.74, 6) is -0.0141. The molecular weight excluding hydrogens is 373 g/mol. The van der Waals surface area contributed by atoms with E-state index in [4.69, 9.17) is 0 Å². The summed E-state index contributed by atoms with van der Waals surface area (Å²) in [6.07, 6.45) is -2.13. The average molecular weight is 400 g/mol. The first kappa shape index (κ1) is 22.0. The highest BCUT2D eigenvalue weighted by Crippen LogP contribution is 2.28. The van der Waals surface area contributed by atoms with Crippen LogP contribution in [0.5, 0.6) is 0 Å². The predicted octanol–water partition coefficient (Wildman–Crippen LogP) is 2.91. The number of pyridine rings is 1. The maximum absolute atomic E-state index is 12.5. The van der Waals surface area contributed by atoms with Gasteiger partial charge in [-0.05, 0) is 25.0 Å². The normalized spacial score (nSPS) is 17.9. The van der Waals surface area contributed by atoms with Crippen LogP contribution in [0.3, 0.4) is 0 Å². The zero-order chi connectivity index (χ0) is 20.9. The van der Waals surface area contributed by atoms with E-state index in [-0.39, 0.29) is 17.7 Å². The Balaban J connectivity index is 1.75. The van der Waals surface area contributed by atoms with E-state index in [1.54, 1.807) is 4.90 Å². The Morgan fingerprint density at radius 1 is 1.21 bits per heavy atom. The second kappa shape index (κ2) is 8.79. The molecule has 9 heteroatoms. The first-order chi connectivity index (χ1) is 13.0. The number of carbonyl (C=O) groups is 2. The minimum absolute atomic E-state index is 0.0417. The van der Waals surface area contributed by atoms with Gasteiger partial charge in [0, 0.05) is 37.8 Å². The molecule has 2 rings (SSSR count). The lowest BCUT2D eigenvalue weighted by molar-refractivity contribution is -0.143.